The van der Waals surface area contributed by atoms with Gasteiger partial charge in [0.15, 0.2) is 11.5 Å². The van der Waals surface area contributed by atoms with E-state index in [0.717, 1.165) is 5.56 Å². The summed E-state index contributed by atoms with van der Waals surface area (Å²) >= 11 is 0. The Morgan fingerprint density at radius 1 is 1.32 bits per heavy atom. The molecule has 0 amide bonds. The number of aliphatic hydroxyl groups is 1. The van der Waals surface area contributed by atoms with Crippen molar-refractivity contribution in [2.75, 3.05) is 20.8 Å². The van der Waals surface area contributed by atoms with E-state index in [0.29, 0.717) is 30.9 Å². The molecule has 0 aliphatic carbocycles. The number of methoxy groups -OCH3 is 2. The lowest BCUT2D eigenvalue weighted by atomic mass is 10.1. The zero-order valence-electron chi connectivity index (χ0n) is 11.5. The molecule has 1 aromatic carbocycles. The van der Waals surface area contributed by atoms with Gasteiger partial charge in [-0.1, -0.05) is 6.07 Å². The van der Waals surface area contributed by atoms with Crippen LogP contribution in [0.2, 0.25) is 0 Å². The van der Waals surface area contributed by atoms with Gasteiger partial charge < -0.3 is 19.3 Å². The lowest BCUT2D eigenvalue weighted by Crippen LogP contribution is -2.05. The molecule has 0 aliphatic heterocycles. The Hall–Kier alpha value is -1.75. The highest BCUT2D eigenvalue weighted by atomic mass is 16.5. The minimum atomic E-state index is -0.553. The topological polar surface area (TPSA) is 65.0 Å². The number of esters is 1. The van der Waals surface area contributed by atoms with Crippen LogP contribution >= 0.6 is 0 Å². The van der Waals surface area contributed by atoms with Gasteiger partial charge in [-0.25, -0.2) is 0 Å². The number of carbonyl (C=O) groups is 1. The molecule has 0 saturated heterocycles. The van der Waals surface area contributed by atoms with E-state index in [1.165, 1.54) is 7.11 Å². The van der Waals surface area contributed by atoms with Gasteiger partial charge in [0.2, 0.25) is 0 Å². The molecule has 5 nitrogen and oxygen atoms in total. The molecule has 0 saturated carbocycles. The van der Waals surface area contributed by atoms with Gasteiger partial charge in [-0.2, -0.15) is 0 Å². The van der Waals surface area contributed by atoms with Crippen molar-refractivity contribution in [3.8, 4) is 11.5 Å². The SMILES string of the molecule is COC(=O)CCCOc1ccc([C@@H](C)O)cc1OC. The first-order valence-corrected chi connectivity index (χ1v) is 6.14. The number of aliphatic hydroxyl groups excluding tert-OH is 1. The largest absolute Gasteiger partial charge is 0.493 e. The quantitative estimate of drug-likeness (QED) is 0.606. The standard InChI is InChI=1S/C14H20O5/c1-10(15)11-6-7-12(13(9-11)17-2)19-8-4-5-14(16)18-3/h6-7,9-10,15H,4-5,8H2,1-3H3/t10-/m1/s1. The lowest BCUT2D eigenvalue weighted by molar-refractivity contribution is -0.140. The summed E-state index contributed by atoms with van der Waals surface area (Å²) < 4.78 is 15.3. The molecular weight excluding hydrogens is 248 g/mol. The molecule has 1 N–H and O–H groups in total. The summed E-state index contributed by atoms with van der Waals surface area (Å²) in [5, 5.41) is 9.49. The van der Waals surface area contributed by atoms with E-state index in [1.54, 1.807) is 32.2 Å². The molecule has 1 rings (SSSR count). The summed E-state index contributed by atoms with van der Waals surface area (Å²) in [5.74, 6) is 0.910. The van der Waals surface area contributed by atoms with E-state index < -0.39 is 6.10 Å². The molecule has 0 aliphatic rings. The van der Waals surface area contributed by atoms with Crippen molar-refractivity contribution in [2.45, 2.75) is 25.9 Å². The Labute approximate surface area is 113 Å². The van der Waals surface area contributed by atoms with Crippen molar-refractivity contribution in [1.82, 2.24) is 0 Å². The summed E-state index contributed by atoms with van der Waals surface area (Å²) in [5.41, 5.74) is 0.763. The number of carbonyl (C=O) groups excluding carboxylic acids is 1. The molecule has 0 heterocycles. The second-order valence-electron chi connectivity index (χ2n) is 4.11. The highest BCUT2D eigenvalue weighted by Crippen LogP contribution is 2.30. The molecule has 1 aromatic rings. The summed E-state index contributed by atoms with van der Waals surface area (Å²) in [6.45, 7) is 2.09. The molecule has 0 spiro atoms. The normalized spacial score (nSPS) is 11.8. The molecule has 0 unspecified atom stereocenters. The molecule has 0 fully saturated rings. The minimum Gasteiger partial charge on any atom is -0.493 e. The maximum atomic E-state index is 10.9. The summed E-state index contributed by atoms with van der Waals surface area (Å²) in [7, 11) is 2.91. The first-order valence-electron chi connectivity index (χ1n) is 6.14. The predicted molar refractivity (Wildman–Crippen MR) is 70.4 cm³/mol. The van der Waals surface area contributed by atoms with Crippen molar-refractivity contribution in [3.05, 3.63) is 23.8 Å². The summed E-state index contributed by atoms with van der Waals surface area (Å²) in [6.07, 6.45) is 0.348. The van der Waals surface area contributed by atoms with Crippen LogP contribution in [0.25, 0.3) is 0 Å². The number of rotatable bonds is 7. The third-order valence-corrected chi connectivity index (χ3v) is 2.68. The minimum absolute atomic E-state index is 0.250. The second kappa shape index (κ2) is 7.63. The fourth-order valence-electron chi connectivity index (χ4n) is 1.56. The average Bonchev–Trinajstić information content (AvgIpc) is 2.42. The summed E-state index contributed by atoms with van der Waals surface area (Å²) in [6, 6.07) is 5.27. The van der Waals surface area contributed by atoms with Crippen LogP contribution in [0.3, 0.4) is 0 Å². The number of hydrogen-bond acceptors (Lipinski definition) is 5. The van der Waals surface area contributed by atoms with Crippen LogP contribution in [0.15, 0.2) is 18.2 Å². The zero-order valence-corrected chi connectivity index (χ0v) is 11.5. The third-order valence-electron chi connectivity index (χ3n) is 2.68. The first kappa shape index (κ1) is 15.3. The number of ether oxygens (including phenoxy) is 3. The van der Waals surface area contributed by atoms with Crippen molar-refractivity contribution in [3.63, 3.8) is 0 Å². The van der Waals surface area contributed by atoms with Crippen LogP contribution in [-0.4, -0.2) is 31.9 Å². The maximum absolute atomic E-state index is 10.9. The molecule has 0 bridgehead atoms. The molecular formula is C14H20O5. The van der Waals surface area contributed by atoms with E-state index in [-0.39, 0.29) is 5.97 Å². The van der Waals surface area contributed by atoms with E-state index >= 15 is 0 Å². The average molecular weight is 268 g/mol. The van der Waals surface area contributed by atoms with E-state index in [2.05, 4.69) is 4.74 Å². The van der Waals surface area contributed by atoms with E-state index in [9.17, 15) is 9.90 Å². The lowest BCUT2D eigenvalue weighted by Gasteiger charge is -2.13. The van der Waals surface area contributed by atoms with E-state index in [1.807, 2.05) is 0 Å². The van der Waals surface area contributed by atoms with Crippen LogP contribution in [-0.2, 0) is 9.53 Å². The van der Waals surface area contributed by atoms with Crippen LogP contribution in [0, 0.1) is 0 Å². The van der Waals surface area contributed by atoms with Crippen molar-refractivity contribution in [2.24, 2.45) is 0 Å². The third kappa shape index (κ3) is 4.79. The molecule has 19 heavy (non-hydrogen) atoms. The van der Waals surface area contributed by atoms with Crippen molar-refractivity contribution >= 4 is 5.97 Å². The van der Waals surface area contributed by atoms with Crippen LogP contribution in [0.5, 0.6) is 11.5 Å². The van der Waals surface area contributed by atoms with Gasteiger partial charge in [-0.15, -0.1) is 0 Å². The van der Waals surface area contributed by atoms with Gasteiger partial charge in [0.05, 0.1) is 26.9 Å². The van der Waals surface area contributed by atoms with E-state index in [4.69, 9.17) is 9.47 Å². The molecule has 0 aromatic heterocycles. The Morgan fingerprint density at radius 3 is 2.63 bits per heavy atom. The monoisotopic (exact) mass is 268 g/mol. The number of hydrogen-bond donors (Lipinski definition) is 1. The molecule has 5 heteroatoms. The van der Waals surface area contributed by atoms with Gasteiger partial charge in [-0.3, -0.25) is 4.79 Å². The Morgan fingerprint density at radius 2 is 2.05 bits per heavy atom. The van der Waals surface area contributed by atoms with Gasteiger partial charge in [0.1, 0.15) is 0 Å². The molecule has 1 atom stereocenters. The summed E-state index contributed by atoms with van der Waals surface area (Å²) in [4.78, 5) is 10.9. The maximum Gasteiger partial charge on any atom is 0.305 e. The second-order valence-corrected chi connectivity index (χ2v) is 4.11. The van der Waals surface area contributed by atoms with Gasteiger partial charge in [0, 0.05) is 6.42 Å². The van der Waals surface area contributed by atoms with Gasteiger partial charge >= 0.3 is 5.97 Å². The van der Waals surface area contributed by atoms with Crippen LogP contribution in [0.4, 0.5) is 0 Å². The fraction of sp³-hybridized carbons (Fsp3) is 0.500. The van der Waals surface area contributed by atoms with Gasteiger partial charge in [-0.05, 0) is 31.0 Å². The highest BCUT2D eigenvalue weighted by molar-refractivity contribution is 5.69. The fourth-order valence-corrected chi connectivity index (χ4v) is 1.56. The van der Waals surface area contributed by atoms with Crippen LogP contribution in [0.1, 0.15) is 31.4 Å². The van der Waals surface area contributed by atoms with Crippen LogP contribution < -0.4 is 9.47 Å². The Bertz CT molecular complexity index is 414. The van der Waals surface area contributed by atoms with Gasteiger partial charge in [0.25, 0.3) is 0 Å². The molecule has 106 valence electrons. The predicted octanol–water partition coefficient (Wildman–Crippen LogP) is 2.08. The number of benzene rings is 1. The van der Waals surface area contributed by atoms with Crippen molar-refractivity contribution < 1.29 is 24.1 Å². The Kier molecular flexibility index (Phi) is 6.15. The molecule has 0 radical (unpaired) electrons. The Balaban J connectivity index is 2.56. The van der Waals surface area contributed by atoms with Crippen molar-refractivity contribution in [1.29, 1.82) is 0 Å². The first-order chi connectivity index (χ1) is 9.08. The zero-order chi connectivity index (χ0) is 14.3. The highest BCUT2D eigenvalue weighted by Gasteiger charge is 2.09. The smallest absolute Gasteiger partial charge is 0.305 e.